The lowest BCUT2D eigenvalue weighted by atomic mass is 10.0. The number of nitrogen functional groups attached to an aromatic ring is 1. The monoisotopic (exact) mass is 394 g/mol. The molecule has 0 unspecified atom stereocenters. The Bertz CT molecular complexity index is 1050. The van der Waals surface area contributed by atoms with E-state index in [0.29, 0.717) is 5.13 Å². The quantitative estimate of drug-likeness (QED) is 0.489. The summed E-state index contributed by atoms with van der Waals surface area (Å²) in [5, 5.41) is 0.602. The number of imidazole rings is 1. The smallest absolute Gasteiger partial charge is 0.181 e. The zero-order valence-electron chi connectivity index (χ0n) is 16.2. The normalized spacial score (nSPS) is 14.0. The van der Waals surface area contributed by atoms with Crippen molar-refractivity contribution in [2.45, 2.75) is 45.1 Å². The highest BCUT2D eigenvalue weighted by atomic mass is 32.1. The van der Waals surface area contributed by atoms with Crippen molar-refractivity contribution in [3.63, 3.8) is 0 Å². The molecule has 2 N–H and O–H groups in total. The molecule has 4 aromatic rings. The van der Waals surface area contributed by atoms with Gasteiger partial charge in [0, 0.05) is 12.6 Å². The largest absolute Gasteiger partial charge is 0.497 e. The molecule has 0 bridgehead atoms. The van der Waals surface area contributed by atoms with Gasteiger partial charge in [-0.25, -0.2) is 9.97 Å². The lowest BCUT2D eigenvalue weighted by molar-refractivity contribution is 0.415. The Kier molecular flexibility index (Phi) is 5.76. The third-order valence-corrected chi connectivity index (χ3v) is 6.00. The number of fused-ring (bicyclic) bond motifs is 2. The summed E-state index contributed by atoms with van der Waals surface area (Å²) in [6.07, 6.45) is 10.9. The molecule has 5 rings (SSSR count). The summed E-state index contributed by atoms with van der Waals surface area (Å²) < 4.78 is 8.52. The van der Waals surface area contributed by atoms with Crippen molar-refractivity contribution < 1.29 is 4.74 Å². The van der Waals surface area contributed by atoms with Crippen LogP contribution in [0, 0.1) is 0 Å². The van der Waals surface area contributed by atoms with E-state index in [1.54, 1.807) is 7.11 Å². The Labute approximate surface area is 169 Å². The maximum atomic E-state index is 5.76. The highest BCUT2D eigenvalue weighted by Crippen LogP contribution is 2.26. The highest BCUT2D eigenvalue weighted by molar-refractivity contribution is 7.22. The fourth-order valence-corrected chi connectivity index (χ4v) is 4.43. The van der Waals surface area contributed by atoms with E-state index in [4.69, 9.17) is 10.5 Å². The summed E-state index contributed by atoms with van der Waals surface area (Å²) >= 11 is 1.51. The van der Waals surface area contributed by atoms with Crippen LogP contribution in [0.15, 0.2) is 42.7 Å². The second-order valence-electron chi connectivity index (χ2n) is 7.20. The number of ether oxygens (including phenoxy) is 1. The minimum Gasteiger partial charge on any atom is -0.497 e. The van der Waals surface area contributed by atoms with Crippen LogP contribution in [0.2, 0.25) is 0 Å². The van der Waals surface area contributed by atoms with Crippen molar-refractivity contribution >= 4 is 37.7 Å². The van der Waals surface area contributed by atoms with Gasteiger partial charge >= 0.3 is 0 Å². The summed E-state index contributed by atoms with van der Waals surface area (Å²) in [7, 11) is 1.67. The molecule has 1 aliphatic carbocycles. The molecule has 0 amide bonds. The Morgan fingerprint density at radius 3 is 2.43 bits per heavy atom. The molecule has 0 spiro atoms. The van der Waals surface area contributed by atoms with E-state index in [-0.39, 0.29) is 0 Å². The number of benzene rings is 2. The number of aromatic nitrogens is 3. The topological polar surface area (TPSA) is 66.0 Å². The Morgan fingerprint density at radius 2 is 1.71 bits per heavy atom. The first-order valence-corrected chi connectivity index (χ1v) is 10.7. The molecule has 0 radical (unpaired) electrons. The molecule has 146 valence electrons. The van der Waals surface area contributed by atoms with Gasteiger partial charge in [-0.1, -0.05) is 55.9 Å². The van der Waals surface area contributed by atoms with Gasteiger partial charge in [0.05, 0.1) is 34.7 Å². The Hall–Kier alpha value is -2.60. The molecule has 0 saturated heterocycles. The molecule has 1 fully saturated rings. The zero-order chi connectivity index (χ0) is 19.3. The van der Waals surface area contributed by atoms with Crippen molar-refractivity contribution in [1.82, 2.24) is 14.5 Å². The highest BCUT2D eigenvalue weighted by Gasteiger charge is 2.07. The number of hydrogen-bond donors (Lipinski definition) is 1. The van der Waals surface area contributed by atoms with E-state index < -0.39 is 0 Å². The summed E-state index contributed by atoms with van der Waals surface area (Å²) in [5.41, 5.74) is 9.92. The van der Waals surface area contributed by atoms with Gasteiger partial charge in [-0.15, -0.1) is 0 Å². The van der Waals surface area contributed by atoms with E-state index in [0.717, 1.165) is 33.5 Å². The molecule has 2 aromatic carbocycles. The third kappa shape index (κ3) is 4.28. The summed E-state index contributed by atoms with van der Waals surface area (Å²) in [6.45, 7) is 0.747. The number of rotatable bonds is 3. The fraction of sp³-hybridized carbons (Fsp3) is 0.364. The van der Waals surface area contributed by atoms with E-state index in [2.05, 4.69) is 26.7 Å². The zero-order valence-corrected chi connectivity index (χ0v) is 17.0. The third-order valence-electron chi connectivity index (χ3n) is 5.15. The number of hydrogen-bond acceptors (Lipinski definition) is 5. The number of nitrogens with two attached hydrogens (primary N) is 1. The average molecular weight is 395 g/mol. The van der Waals surface area contributed by atoms with Crippen LogP contribution in [0.3, 0.4) is 0 Å². The molecule has 2 heterocycles. The molecular formula is C22H26N4OS. The summed E-state index contributed by atoms with van der Waals surface area (Å²) in [5.74, 6) is 0.833. The molecule has 5 nitrogen and oxygen atoms in total. The van der Waals surface area contributed by atoms with Gasteiger partial charge in [-0.05, 0) is 29.8 Å². The number of thiazole rings is 1. The van der Waals surface area contributed by atoms with Crippen molar-refractivity contribution in [2.24, 2.45) is 0 Å². The van der Waals surface area contributed by atoms with Gasteiger partial charge in [0.1, 0.15) is 5.75 Å². The summed E-state index contributed by atoms with van der Waals surface area (Å²) in [4.78, 5) is 8.72. The second kappa shape index (κ2) is 8.61. The number of methoxy groups -OCH3 is 1. The van der Waals surface area contributed by atoms with E-state index in [1.165, 1.54) is 55.4 Å². The van der Waals surface area contributed by atoms with Crippen molar-refractivity contribution in [3.8, 4) is 5.75 Å². The Balaban J connectivity index is 0.000000275. The first kappa shape index (κ1) is 18.7. The van der Waals surface area contributed by atoms with Crippen LogP contribution < -0.4 is 10.5 Å². The summed E-state index contributed by atoms with van der Waals surface area (Å²) in [6, 6.07) is 12.1. The molecule has 1 saturated carbocycles. The lowest BCUT2D eigenvalue weighted by Gasteiger charge is -2.06. The van der Waals surface area contributed by atoms with Crippen molar-refractivity contribution in [3.05, 3.63) is 48.3 Å². The van der Waals surface area contributed by atoms with Gasteiger partial charge in [0.25, 0.3) is 0 Å². The van der Waals surface area contributed by atoms with Crippen LogP contribution in [0.1, 0.15) is 44.1 Å². The van der Waals surface area contributed by atoms with Gasteiger partial charge in [-0.3, -0.25) is 0 Å². The predicted molar refractivity (Wildman–Crippen MR) is 117 cm³/mol. The minimum absolute atomic E-state index is 0.602. The van der Waals surface area contributed by atoms with Gasteiger partial charge in [0.15, 0.2) is 5.13 Å². The first-order chi connectivity index (χ1) is 13.7. The fourth-order valence-electron chi connectivity index (χ4n) is 3.63. The number of anilines is 1. The van der Waals surface area contributed by atoms with E-state index >= 15 is 0 Å². The SMILES string of the molecule is C1CCCCC1.COc1ccc2ncn(Cc3ccc4nc(N)sc4c3)c2c1. The van der Waals surface area contributed by atoms with Crippen LogP contribution in [0.25, 0.3) is 21.3 Å². The molecule has 0 aliphatic heterocycles. The molecule has 6 heteroatoms. The molecular weight excluding hydrogens is 368 g/mol. The van der Waals surface area contributed by atoms with Crippen LogP contribution in [-0.2, 0) is 6.54 Å². The second-order valence-corrected chi connectivity index (χ2v) is 8.26. The average Bonchev–Trinajstić information content (AvgIpc) is 3.31. The number of nitrogens with zero attached hydrogens (tertiary/aromatic N) is 3. The molecule has 2 aromatic heterocycles. The first-order valence-electron chi connectivity index (χ1n) is 9.87. The van der Waals surface area contributed by atoms with E-state index in [1.807, 2.05) is 30.6 Å². The molecule has 28 heavy (non-hydrogen) atoms. The van der Waals surface area contributed by atoms with Gasteiger partial charge in [-0.2, -0.15) is 0 Å². The van der Waals surface area contributed by atoms with Crippen LogP contribution in [0.5, 0.6) is 5.75 Å². The lowest BCUT2D eigenvalue weighted by Crippen LogP contribution is -1.97. The maximum absolute atomic E-state index is 5.76. The van der Waals surface area contributed by atoms with Crippen LogP contribution >= 0.6 is 11.3 Å². The minimum atomic E-state index is 0.602. The standard InChI is InChI=1S/C16H14N4OS.C6H12/c1-21-11-3-5-12-14(7-11)20(9-18-12)8-10-2-4-13-15(6-10)22-16(17)19-13;1-2-4-6-5-3-1/h2-7,9H,8H2,1H3,(H2,17,19);1-6H2. The van der Waals surface area contributed by atoms with Crippen molar-refractivity contribution in [2.75, 3.05) is 12.8 Å². The van der Waals surface area contributed by atoms with E-state index in [9.17, 15) is 0 Å². The predicted octanol–water partition coefficient (Wildman–Crippen LogP) is 5.63. The van der Waals surface area contributed by atoms with Gasteiger partial charge in [0.2, 0.25) is 0 Å². The molecule has 1 aliphatic rings. The molecule has 0 atom stereocenters. The van der Waals surface area contributed by atoms with Crippen molar-refractivity contribution in [1.29, 1.82) is 0 Å². The van der Waals surface area contributed by atoms with Crippen LogP contribution in [0.4, 0.5) is 5.13 Å². The van der Waals surface area contributed by atoms with Crippen LogP contribution in [-0.4, -0.2) is 21.6 Å². The maximum Gasteiger partial charge on any atom is 0.181 e. The Morgan fingerprint density at radius 1 is 1.00 bits per heavy atom. The van der Waals surface area contributed by atoms with Gasteiger partial charge < -0.3 is 15.0 Å².